The highest BCUT2D eigenvalue weighted by Crippen LogP contribution is 2.25. The molecule has 0 bridgehead atoms. The van der Waals surface area contributed by atoms with Gasteiger partial charge in [0.25, 0.3) is 11.8 Å². The molecule has 2 amide bonds. The quantitative estimate of drug-likeness (QED) is 0.345. The van der Waals surface area contributed by atoms with E-state index in [2.05, 4.69) is 15.6 Å². The minimum Gasteiger partial charge on any atom is -0.322 e. The van der Waals surface area contributed by atoms with Crippen LogP contribution in [-0.4, -0.2) is 16.8 Å². The molecule has 31 heavy (non-hydrogen) atoms. The first-order valence-electron chi connectivity index (χ1n) is 9.56. The third kappa shape index (κ3) is 5.59. The number of nitrogens with zero attached hydrogens (tertiary/aromatic N) is 1. The van der Waals surface area contributed by atoms with E-state index >= 15 is 0 Å². The fourth-order valence-corrected chi connectivity index (χ4v) is 4.32. The fourth-order valence-electron chi connectivity index (χ4n) is 2.86. The van der Waals surface area contributed by atoms with Crippen molar-refractivity contribution in [2.45, 2.75) is 10.6 Å². The predicted octanol–water partition coefficient (Wildman–Crippen LogP) is 5.94. The van der Waals surface area contributed by atoms with E-state index in [1.165, 1.54) is 11.3 Å². The second-order valence-corrected chi connectivity index (χ2v) is 8.60. The van der Waals surface area contributed by atoms with Gasteiger partial charge in [0.15, 0.2) is 0 Å². The number of nitrogens with one attached hydrogen (secondary N) is 2. The van der Waals surface area contributed by atoms with Crippen LogP contribution in [-0.2, 0) is 5.75 Å². The Kier molecular flexibility index (Phi) is 6.76. The van der Waals surface area contributed by atoms with Gasteiger partial charge in [-0.25, -0.2) is 0 Å². The van der Waals surface area contributed by atoms with Gasteiger partial charge >= 0.3 is 0 Å². The second kappa shape index (κ2) is 10.1. The number of carbonyl (C=O) groups is 2. The van der Waals surface area contributed by atoms with E-state index < -0.39 is 0 Å². The zero-order chi connectivity index (χ0) is 21.5. The van der Waals surface area contributed by atoms with Gasteiger partial charge in [0.2, 0.25) is 0 Å². The first-order chi connectivity index (χ1) is 15.2. The van der Waals surface area contributed by atoms with Crippen molar-refractivity contribution in [1.29, 1.82) is 0 Å². The van der Waals surface area contributed by atoms with Gasteiger partial charge in [-0.05, 0) is 59.5 Å². The molecule has 2 N–H and O–H groups in total. The maximum absolute atomic E-state index is 12.8. The Labute approximate surface area is 188 Å². The van der Waals surface area contributed by atoms with Crippen molar-refractivity contribution in [3.8, 4) is 0 Å². The molecule has 0 saturated heterocycles. The molecule has 2 heterocycles. The maximum atomic E-state index is 12.8. The Bertz CT molecular complexity index is 1160. The number of aromatic nitrogens is 1. The predicted molar refractivity (Wildman–Crippen MR) is 127 cm³/mol. The minimum atomic E-state index is -0.280. The summed E-state index contributed by atoms with van der Waals surface area (Å²) in [6.07, 6.45) is 3.62. The van der Waals surface area contributed by atoms with Crippen LogP contribution in [0.3, 0.4) is 0 Å². The van der Waals surface area contributed by atoms with E-state index in [0.717, 1.165) is 16.2 Å². The lowest BCUT2D eigenvalue weighted by atomic mass is 10.1. The molecule has 154 valence electrons. The molecule has 0 aliphatic heterocycles. The van der Waals surface area contributed by atoms with E-state index in [0.29, 0.717) is 21.8 Å². The molecule has 2 aromatic heterocycles. The normalized spacial score (nSPS) is 10.5. The lowest BCUT2D eigenvalue weighted by Crippen LogP contribution is -2.17. The molecule has 0 fully saturated rings. The van der Waals surface area contributed by atoms with Gasteiger partial charge in [-0.1, -0.05) is 24.3 Å². The topological polar surface area (TPSA) is 71.1 Å². The molecule has 0 radical (unpaired) electrons. The molecule has 0 atom stereocenters. The summed E-state index contributed by atoms with van der Waals surface area (Å²) in [5.74, 6) is 0.319. The zero-order valence-electron chi connectivity index (χ0n) is 16.4. The van der Waals surface area contributed by atoms with Crippen molar-refractivity contribution < 1.29 is 9.59 Å². The van der Waals surface area contributed by atoms with Gasteiger partial charge in [-0.15, -0.1) is 23.1 Å². The van der Waals surface area contributed by atoms with Gasteiger partial charge in [0.1, 0.15) is 0 Å². The van der Waals surface area contributed by atoms with E-state index in [4.69, 9.17) is 0 Å². The molecule has 0 aliphatic carbocycles. The molecule has 0 saturated carbocycles. The molecule has 2 aromatic carbocycles. The zero-order valence-corrected chi connectivity index (χ0v) is 18.1. The molecule has 5 nitrogen and oxygen atoms in total. The third-order valence-corrected chi connectivity index (χ3v) is 6.36. The molecule has 7 heteroatoms. The molecule has 0 spiro atoms. The largest absolute Gasteiger partial charge is 0.322 e. The highest BCUT2D eigenvalue weighted by atomic mass is 32.2. The summed E-state index contributed by atoms with van der Waals surface area (Å²) in [4.78, 5) is 31.0. The Hall–Kier alpha value is -3.42. The summed E-state index contributed by atoms with van der Waals surface area (Å²) in [6.45, 7) is 0. The van der Waals surface area contributed by atoms with Crippen LogP contribution in [0.4, 0.5) is 11.4 Å². The van der Waals surface area contributed by atoms with E-state index in [1.54, 1.807) is 48.3 Å². The Morgan fingerprint density at radius 2 is 1.71 bits per heavy atom. The van der Waals surface area contributed by atoms with Crippen molar-refractivity contribution in [2.24, 2.45) is 0 Å². The van der Waals surface area contributed by atoms with Gasteiger partial charge in [0.05, 0.1) is 16.1 Å². The van der Waals surface area contributed by atoms with Crippen molar-refractivity contribution in [3.63, 3.8) is 0 Å². The van der Waals surface area contributed by atoms with Crippen LogP contribution < -0.4 is 10.6 Å². The number of carbonyl (C=O) groups excluding carboxylic acids is 2. The number of para-hydroxylation sites is 1. The summed E-state index contributed by atoms with van der Waals surface area (Å²) in [6, 6.07) is 22.2. The van der Waals surface area contributed by atoms with Gasteiger partial charge in [0, 0.05) is 28.7 Å². The number of benzene rings is 2. The number of thioether (sulfide) groups is 1. The summed E-state index contributed by atoms with van der Waals surface area (Å²) in [5.41, 5.74) is 2.73. The highest BCUT2D eigenvalue weighted by molar-refractivity contribution is 7.98. The van der Waals surface area contributed by atoms with Gasteiger partial charge < -0.3 is 10.6 Å². The van der Waals surface area contributed by atoms with Crippen LogP contribution >= 0.6 is 23.1 Å². The van der Waals surface area contributed by atoms with Crippen LogP contribution in [0.5, 0.6) is 0 Å². The van der Waals surface area contributed by atoms with Crippen LogP contribution in [0.25, 0.3) is 0 Å². The van der Waals surface area contributed by atoms with Crippen LogP contribution in [0, 0.1) is 0 Å². The standard InChI is InChI=1S/C24H19N3O2S2/c28-23(20-6-1-2-7-21(20)27-24(29)22-8-4-14-30-22)26-18-9-11-19(12-10-18)31-16-17-5-3-13-25-15-17/h1-15H,16H2,(H,26,28)(H,27,29). The highest BCUT2D eigenvalue weighted by Gasteiger charge is 2.15. The average molecular weight is 446 g/mol. The SMILES string of the molecule is O=C(Nc1ccccc1C(=O)Nc1ccc(SCc2cccnc2)cc1)c1cccs1. The van der Waals surface area contributed by atoms with Crippen molar-refractivity contribution in [1.82, 2.24) is 4.98 Å². The number of rotatable bonds is 7. The summed E-state index contributed by atoms with van der Waals surface area (Å²) in [5, 5.41) is 7.56. The Morgan fingerprint density at radius 3 is 2.45 bits per heavy atom. The molecular weight excluding hydrogens is 426 g/mol. The van der Waals surface area contributed by atoms with Gasteiger partial charge in [-0.2, -0.15) is 0 Å². The number of hydrogen-bond donors (Lipinski definition) is 2. The average Bonchev–Trinajstić information content (AvgIpc) is 3.35. The maximum Gasteiger partial charge on any atom is 0.265 e. The fraction of sp³-hybridized carbons (Fsp3) is 0.0417. The van der Waals surface area contributed by atoms with E-state index in [9.17, 15) is 9.59 Å². The lowest BCUT2D eigenvalue weighted by Gasteiger charge is -2.11. The second-order valence-electron chi connectivity index (χ2n) is 6.61. The number of thiophene rings is 1. The number of anilines is 2. The van der Waals surface area contributed by atoms with Crippen molar-refractivity contribution in [2.75, 3.05) is 10.6 Å². The van der Waals surface area contributed by atoms with Crippen LogP contribution in [0.15, 0.2) is 95.5 Å². The Balaban J connectivity index is 1.39. The molecular formula is C24H19N3O2S2. The van der Waals surface area contributed by atoms with Crippen molar-refractivity contribution in [3.05, 3.63) is 107 Å². The molecule has 4 aromatic rings. The van der Waals surface area contributed by atoms with Crippen LogP contribution in [0.1, 0.15) is 25.6 Å². The lowest BCUT2D eigenvalue weighted by molar-refractivity contribution is 0.102. The summed E-state index contributed by atoms with van der Waals surface area (Å²) >= 11 is 3.06. The summed E-state index contributed by atoms with van der Waals surface area (Å²) in [7, 11) is 0. The number of amides is 2. The first-order valence-corrected chi connectivity index (χ1v) is 11.4. The minimum absolute atomic E-state index is 0.231. The molecule has 0 unspecified atom stereocenters. The Morgan fingerprint density at radius 1 is 0.871 bits per heavy atom. The smallest absolute Gasteiger partial charge is 0.265 e. The monoisotopic (exact) mass is 445 g/mol. The van der Waals surface area contributed by atoms with Crippen LogP contribution in [0.2, 0.25) is 0 Å². The molecule has 4 rings (SSSR count). The number of hydrogen-bond acceptors (Lipinski definition) is 5. The van der Waals surface area contributed by atoms with E-state index in [1.807, 2.05) is 54.0 Å². The van der Waals surface area contributed by atoms with E-state index in [-0.39, 0.29) is 11.8 Å². The number of pyridine rings is 1. The summed E-state index contributed by atoms with van der Waals surface area (Å²) < 4.78 is 0. The molecule has 0 aliphatic rings. The third-order valence-electron chi connectivity index (χ3n) is 4.41. The van der Waals surface area contributed by atoms with Crippen molar-refractivity contribution >= 4 is 46.3 Å². The van der Waals surface area contributed by atoms with Gasteiger partial charge in [-0.3, -0.25) is 14.6 Å². The first kappa shape index (κ1) is 20.8.